The van der Waals surface area contributed by atoms with Crippen LogP contribution in [0.5, 0.6) is 0 Å². The van der Waals surface area contributed by atoms with Gasteiger partial charge in [-0.3, -0.25) is 4.79 Å². The second kappa shape index (κ2) is 6.39. The van der Waals surface area contributed by atoms with Crippen molar-refractivity contribution in [1.82, 2.24) is 10.2 Å². The molecule has 2 fully saturated rings. The van der Waals surface area contributed by atoms with E-state index < -0.39 is 0 Å². The van der Waals surface area contributed by atoms with Gasteiger partial charge in [0.25, 0.3) is 0 Å². The van der Waals surface area contributed by atoms with Crippen molar-refractivity contribution in [3.8, 4) is 0 Å². The van der Waals surface area contributed by atoms with Crippen LogP contribution in [-0.2, 0) is 4.79 Å². The largest absolute Gasteiger partial charge is 0.317 e. The molecule has 2 aliphatic rings. The fourth-order valence-corrected chi connectivity index (χ4v) is 3.64. The number of rotatable bonds is 5. The van der Waals surface area contributed by atoms with Crippen LogP contribution < -0.4 is 10.2 Å². The molecule has 4 heteroatoms. The summed E-state index contributed by atoms with van der Waals surface area (Å²) in [5.74, 6) is 0.562. The van der Waals surface area contributed by atoms with Gasteiger partial charge in [0.1, 0.15) is 0 Å². The van der Waals surface area contributed by atoms with E-state index >= 15 is 0 Å². The van der Waals surface area contributed by atoms with Crippen LogP contribution in [0.2, 0.25) is 0 Å². The number of amides is 1. The smallest absolute Gasteiger partial charge is 0.230 e. The summed E-state index contributed by atoms with van der Waals surface area (Å²) >= 11 is 0. The third kappa shape index (κ3) is 3.18. The molecule has 1 saturated heterocycles. The monoisotopic (exact) mass is 301 g/mol. The highest BCUT2D eigenvalue weighted by Gasteiger charge is 2.58. The number of nitrogens with one attached hydrogen (secondary N) is 1. The van der Waals surface area contributed by atoms with Crippen molar-refractivity contribution in [3.63, 3.8) is 0 Å². The highest BCUT2D eigenvalue weighted by molar-refractivity contribution is 5.97. The second-order valence-electron chi connectivity index (χ2n) is 7.00. The van der Waals surface area contributed by atoms with Crippen molar-refractivity contribution in [2.45, 2.75) is 19.3 Å². The summed E-state index contributed by atoms with van der Waals surface area (Å²) in [6, 6.07) is 10.1. The predicted molar refractivity (Wildman–Crippen MR) is 90.0 cm³/mol. The average molecular weight is 301 g/mol. The Labute approximate surface area is 133 Å². The summed E-state index contributed by atoms with van der Waals surface area (Å²) in [6.07, 6.45) is 3.39. The van der Waals surface area contributed by atoms with Crippen molar-refractivity contribution < 1.29 is 4.79 Å². The molecule has 120 valence electrons. The molecule has 1 aliphatic carbocycles. The molecule has 1 aliphatic heterocycles. The molecule has 0 radical (unpaired) electrons. The Hall–Kier alpha value is -1.39. The number of benzene rings is 1. The zero-order chi connectivity index (χ0) is 15.6. The number of hydrogen-bond donors (Lipinski definition) is 1. The maximum absolute atomic E-state index is 13.1. The summed E-state index contributed by atoms with van der Waals surface area (Å²) < 4.78 is 0. The van der Waals surface area contributed by atoms with E-state index in [0.717, 1.165) is 51.1 Å². The Morgan fingerprint density at radius 3 is 2.50 bits per heavy atom. The molecule has 1 unspecified atom stereocenters. The molecule has 1 heterocycles. The topological polar surface area (TPSA) is 35.6 Å². The van der Waals surface area contributed by atoms with E-state index in [4.69, 9.17) is 0 Å². The lowest BCUT2D eigenvalue weighted by molar-refractivity contribution is -0.120. The molecule has 3 rings (SSSR count). The van der Waals surface area contributed by atoms with Gasteiger partial charge < -0.3 is 15.1 Å². The van der Waals surface area contributed by atoms with E-state index in [0.29, 0.717) is 11.3 Å². The van der Waals surface area contributed by atoms with Gasteiger partial charge in [0.2, 0.25) is 5.91 Å². The lowest BCUT2D eigenvalue weighted by atomic mass is 9.91. The molecule has 0 bridgehead atoms. The molecule has 1 aromatic rings. The van der Waals surface area contributed by atoms with E-state index in [2.05, 4.69) is 24.3 Å². The van der Waals surface area contributed by atoms with Crippen molar-refractivity contribution in [2.75, 3.05) is 45.2 Å². The van der Waals surface area contributed by atoms with Crippen molar-refractivity contribution in [1.29, 1.82) is 0 Å². The van der Waals surface area contributed by atoms with Crippen LogP contribution in [0, 0.1) is 11.3 Å². The van der Waals surface area contributed by atoms with Gasteiger partial charge >= 0.3 is 0 Å². The van der Waals surface area contributed by atoms with E-state index in [1.165, 1.54) is 0 Å². The van der Waals surface area contributed by atoms with Crippen LogP contribution in [0.3, 0.4) is 0 Å². The molecule has 0 aromatic heterocycles. The Kier molecular flexibility index (Phi) is 4.50. The van der Waals surface area contributed by atoms with Crippen LogP contribution in [0.15, 0.2) is 30.3 Å². The molecular weight excluding hydrogens is 274 g/mol. The number of hydrogen-bond acceptors (Lipinski definition) is 3. The molecule has 22 heavy (non-hydrogen) atoms. The van der Waals surface area contributed by atoms with Gasteiger partial charge in [0, 0.05) is 24.7 Å². The predicted octanol–water partition coefficient (Wildman–Crippen LogP) is 1.97. The van der Waals surface area contributed by atoms with Crippen LogP contribution in [0.4, 0.5) is 5.69 Å². The fraction of sp³-hybridized carbons (Fsp3) is 0.611. The van der Waals surface area contributed by atoms with Crippen molar-refractivity contribution in [2.24, 2.45) is 11.3 Å². The molecular formula is C18H27N3O. The maximum Gasteiger partial charge on any atom is 0.230 e. The summed E-state index contributed by atoms with van der Waals surface area (Å²) in [6.45, 7) is 3.78. The van der Waals surface area contributed by atoms with Gasteiger partial charge in [-0.2, -0.15) is 0 Å². The third-order valence-electron chi connectivity index (χ3n) is 5.19. The number of likely N-dealkylation sites (N-methyl/N-ethyl adjacent to an activating group) is 1. The van der Waals surface area contributed by atoms with E-state index in [9.17, 15) is 4.79 Å². The second-order valence-corrected chi connectivity index (χ2v) is 7.00. The van der Waals surface area contributed by atoms with Crippen LogP contribution in [0.25, 0.3) is 0 Å². The quantitative estimate of drug-likeness (QED) is 0.903. The highest BCUT2D eigenvalue weighted by Crippen LogP contribution is 2.59. The first-order chi connectivity index (χ1) is 10.6. The normalized spacial score (nSPS) is 22.8. The number of para-hydroxylation sites is 1. The molecule has 1 spiro atoms. The summed E-state index contributed by atoms with van der Waals surface area (Å²) in [4.78, 5) is 17.2. The first-order valence-corrected chi connectivity index (χ1v) is 8.34. The minimum absolute atomic E-state index is 0.233. The van der Waals surface area contributed by atoms with Crippen LogP contribution in [0.1, 0.15) is 19.3 Å². The lowest BCUT2D eigenvalue weighted by Gasteiger charge is -2.28. The Morgan fingerprint density at radius 1 is 1.18 bits per heavy atom. The Bertz CT molecular complexity index is 508. The fourth-order valence-electron chi connectivity index (χ4n) is 3.64. The third-order valence-corrected chi connectivity index (χ3v) is 5.19. The molecule has 1 N–H and O–H groups in total. The van der Waals surface area contributed by atoms with E-state index in [-0.39, 0.29) is 5.92 Å². The standard InChI is InChI=1S/C18H27N3O/c1-20(2)12-13-21(15-6-4-3-5-7-15)17(22)16-14-18(16)8-10-19-11-9-18/h3-7,16,19H,8-14H2,1-2H3. The number of piperidine rings is 1. The zero-order valence-corrected chi connectivity index (χ0v) is 13.7. The maximum atomic E-state index is 13.1. The lowest BCUT2D eigenvalue weighted by Crippen LogP contribution is -2.40. The summed E-state index contributed by atoms with van der Waals surface area (Å²) in [7, 11) is 4.11. The Morgan fingerprint density at radius 2 is 1.86 bits per heavy atom. The highest BCUT2D eigenvalue weighted by atomic mass is 16.2. The molecule has 4 nitrogen and oxygen atoms in total. The number of nitrogens with zero attached hydrogens (tertiary/aromatic N) is 2. The van der Waals surface area contributed by atoms with Crippen LogP contribution in [-0.4, -0.2) is 51.1 Å². The van der Waals surface area contributed by atoms with Crippen molar-refractivity contribution >= 4 is 11.6 Å². The van der Waals surface area contributed by atoms with E-state index in [1.54, 1.807) is 0 Å². The summed E-state index contributed by atoms with van der Waals surface area (Å²) in [5, 5.41) is 3.41. The van der Waals surface area contributed by atoms with Crippen molar-refractivity contribution in [3.05, 3.63) is 30.3 Å². The van der Waals surface area contributed by atoms with Crippen LogP contribution >= 0.6 is 0 Å². The van der Waals surface area contributed by atoms with Gasteiger partial charge in [0.15, 0.2) is 0 Å². The van der Waals surface area contributed by atoms with Gasteiger partial charge in [-0.25, -0.2) is 0 Å². The SMILES string of the molecule is CN(C)CCN(C(=O)C1CC12CCNCC2)c1ccccc1. The number of carbonyl (C=O) groups excluding carboxylic acids is 1. The van der Waals surface area contributed by atoms with E-state index in [1.807, 2.05) is 35.2 Å². The molecule has 1 amide bonds. The number of carbonyl (C=O) groups is 1. The Balaban J connectivity index is 1.73. The minimum Gasteiger partial charge on any atom is -0.317 e. The zero-order valence-electron chi connectivity index (χ0n) is 13.7. The number of anilines is 1. The van der Waals surface area contributed by atoms with Gasteiger partial charge in [-0.05, 0) is 64.0 Å². The van der Waals surface area contributed by atoms with Gasteiger partial charge in [0.05, 0.1) is 0 Å². The minimum atomic E-state index is 0.233. The molecule has 1 saturated carbocycles. The summed E-state index contributed by atoms with van der Waals surface area (Å²) in [5.41, 5.74) is 1.33. The van der Waals surface area contributed by atoms with Gasteiger partial charge in [-0.15, -0.1) is 0 Å². The molecule has 1 atom stereocenters. The first kappa shape index (κ1) is 15.5. The first-order valence-electron chi connectivity index (χ1n) is 8.34. The van der Waals surface area contributed by atoms with Gasteiger partial charge in [-0.1, -0.05) is 18.2 Å². The molecule has 1 aromatic carbocycles. The average Bonchev–Trinajstić information content (AvgIpc) is 3.22.